The molecule has 3 heterocycles. The van der Waals surface area contributed by atoms with Gasteiger partial charge in [-0.25, -0.2) is 0 Å². The molecule has 10 aromatic rings. The highest BCUT2D eigenvalue weighted by Crippen LogP contribution is 2.52. The Hall–Kier alpha value is -5.64. The second kappa shape index (κ2) is 9.25. The van der Waals surface area contributed by atoms with Gasteiger partial charge in [-0.2, -0.15) is 0 Å². The van der Waals surface area contributed by atoms with Gasteiger partial charge in [-0.15, -0.1) is 11.3 Å². The highest BCUT2D eigenvalue weighted by atomic mass is 32.1. The Bertz CT molecular complexity index is 2880. The number of para-hydroxylation sites is 4. The van der Waals surface area contributed by atoms with Gasteiger partial charge in [0.1, 0.15) is 0 Å². The molecule has 3 aromatic heterocycles. The Balaban J connectivity index is 1.10. The molecule has 3 heteroatoms. The summed E-state index contributed by atoms with van der Waals surface area (Å²) in [5.41, 5.74) is 12.8. The molecule has 0 amide bonds. The van der Waals surface area contributed by atoms with Gasteiger partial charge in [0.15, 0.2) is 0 Å². The fraction of sp³-hybridized carbons (Fsp3) is 0.0667. The van der Waals surface area contributed by atoms with Crippen LogP contribution in [0.1, 0.15) is 25.0 Å². The van der Waals surface area contributed by atoms with Crippen LogP contribution in [0.4, 0.5) is 0 Å². The monoisotopic (exact) mass is 630 g/mol. The highest BCUT2D eigenvalue weighted by molar-refractivity contribution is 7.25. The van der Waals surface area contributed by atoms with Crippen molar-refractivity contribution in [2.45, 2.75) is 19.3 Å². The number of nitrogens with zero attached hydrogens (tertiary/aromatic N) is 2. The Morgan fingerprint density at radius 3 is 1.42 bits per heavy atom. The van der Waals surface area contributed by atoms with Crippen LogP contribution in [0, 0.1) is 0 Å². The number of thiophene rings is 1. The normalized spacial score (nSPS) is 13.8. The lowest BCUT2D eigenvalue weighted by molar-refractivity contribution is 0.661. The topological polar surface area (TPSA) is 9.86 Å². The van der Waals surface area contributed by atoms with E-state index in [1.165, 1.54) is 97.4 Å². The van der Waals surface area contributed by atoms with Crippen molar-refractivity contribution in [2.75, 3.05) is 0 Å². The molecule has 0 bridgehead atoms. The van der Waals surface area contributed by atoms with E-state index in [0.717, 1.165) is 0 Å². The molecule has 0 saturated heterocycles. The summed E-state index contributed by atoms with van der Waals surface area (Å²) in [5.74, 6) is 0. The van der Waals surface area contributed by atoms with Crippen LogP contribution in [-0.4, -0.2) is 9.13 Å². The molecule has 0 fully saturated rings. The van der Waals surface area contributed by atoms with Crippen molar-refractivity contribution >= 4 is 75.1 Å². The van der Waals surface area contributed by atoms with E-state index in [2.05, 4.69) is 169 Å². The lowest BCUT2D eigenvalue weighted by atomic mass is 9.82. The summed E-state index contributed by atoms with van der Waals surface area (Å²) in [4.78, 5) is 0. The van der Waals surface area contributed by atoms with Gasteiger partial charge in [-0.1, -0.05) is 92.7 Å². The maximum Gasteiger partial charge on any atom is 0.0541 e. The quantitative estimate of drug-likeness (QED) is 0.180. The van der Waals surface area contributed by atoms with Gasteiger partial charge < -0.3 is 9.13 Å². The van der Waals surface area contributed by atoms with Crippen LogP contribution in [0.2, 0.25) is 0 Å². The Labute approximate surface area is 281 Å². The molecule has 7 aromatic carbocycles. The predicted octanol–water partition coefficient (Wildman–Crippen LogP) is 12.6. The van der Waals surface area contributed by atoms with Crippen molar-refractivity contribution < 1.29 is 0 Å². The highest BCUT2D eigenvalue weighted by Gasteiger charge is 2.36. The third-order valence-electron chi connectivity index (χ3n) is 10.9. The Morgan fingerprint density at radius 1 is 0.396 bits per heavy atom. The first-order valence-electron chi connectivity index (χ1n) is 16.7. The first-order valence-corrected chi connectivity index (χ1v) is 17.5. The molecular weight excluding hydrogens is 601 g/mol. The molecule has 0 N–H and O–H groups in total. The standard InChI is InChI=1S/C45H30N2S/c1-45(2)37-24-28(47-41-17-9-5-13-32(41)33-14-6-10-18-42(33)47)19-21-29(37)34-26-44-36(25-38(34)45)35-23-27(20-22-43(35)48-44)46-39-15-7-3-11-30(39)31-12-4-8-16-40(31)46/h3-26H,1-2H3. The van der Waals surface area contributed by atoms with Gasteiger partial charge in [0, 0.05) is 58.5 Å². The van der Waals surface area contributed by atoms with Gasteiger partial charge in [-0.05, 0) is 89.0 Å². The summed E-state index contributed by atoms with van der Waals surface area (Å²) >= 11 is 1.91. The van der Waals surface area contributed by atoms with Crippen LogP contribution in [0.25, 0.3) is 86.3 Å². The maximum atomic E-state index is 2.50. The second-order valence-electron chi connectivity index (χ2n) is 13.8. The maximum absolute atomic E-state index is 2.50. The summed E-state index contributed by atoms with van der Waals surface area (Å²) in [5, 5.41) is 7.85. The smallest absolute Gasteiger partial charge is 0.0541 e. The molecule has 226 valence electrons. The third kappa shape index (κ3) is 3.36. The molecule has 0 aliphatic heterocycles. The molecule has 0 unspecified atom stereocenters. The number of benzene rings is 7. The van der Waals surface area contributed by atoms with Gasteiger partial charge >= 0.3 is 0 Å². The van der Waals surface area contributed by atoms with Crippen molar-refractivity contribution in [1.29, 1.82) is 0 Å². The van der Waals surface area contributed by atoms with E-state index in [9.17, 15) is 0 Å². The lowest BCUT2D eigenvalue weighted by Crippen LogP contribution is -2.15. The average Bonchev–Trinajstić information content (AvgIpc) is 3.82. The summed E-state index contributed by atoms with van der Waals surface area (Å²) < 4.78 is 7.54. The van der Waals surface area contributed by atoms with Crippen LogP contribution in [-0.2, 0) is 5.41 Å². The van der Waals surface area contributed by atoms with Crippen LogP contribution in [0.5, 0.6) is 0 Å². The molecule has 0 spiro atoms. The van der Waals surface area contributed by atoms with E-state index in [1.807, 2.05) is 11.3 Å². The van der Waals surface area contributed by atoms with Crippen LogP contribution >= 0.6 is 11.3 Å². The van der Waals surface area contributed by atoms with Crippen molar-refractivity contribution in [3.8, 4) is 22.5 Å². The van der Waals surface area contributed by atoms with E-state index < -0.39 is 0 Å². The largest absolute Gasteiger partial charge is 0.309 e. The van der Waals surface area contributed by atoms with Crippen molar-refractivity contribution in [3.05, 3.63) is 157 Å². The van der Waals surface area contributed by atoms with E-state index in [-0.39, 0.29) is 5.41 Å². The van der Waals surface area contributed by atoms with Gasteiger partial charge in [0.2, 0.25) is 0 Å². The molecule has 0 atom stereocenters. The number of hydrogen-bond donors (Lipinski definition) is 0. The number of fused-ring (bicyclic) bond motifs is 12. The van der Waals surface area contributed by atoms with E-state index in [0.29, 0.717) is 0 Å². The zero-order valence-corrected chi connectivity index (χ0v) is 27.5. The lowest BCUT2D eigenvalue weighted by Gasteiger charge is -2.22. The summed E-state index contributed by atoms with van der Waals surface area (Å²) in [6.07, 6.45) is 0. The van der Waals surface area contributed by atoms with Gasteiger partial charge in [-0.3, -0.25) is 0 Å². The predicted molar refractivity (Wildman–Crippen MR) is 206 cm³/mol. The minimum Gasteiger partial charge on any atom is -0.309 e. The Morgan fingerprint density at radius 2 is 0.854 bits per heavy atom. The van der Waals surface area contributed by atoms with Crippen molar-refractivity contribution in [1.82, 2.24) is 9.13 Å². The number of hydrogen-bond acceptors (Lipinski definition) is 1. The summed E-state index contributed by atoms with van der Waals surface area (Å²) in [7, 11) is 0. The van der Waals surface area contributed by atoms with Crippen LogP contribution in [0.3, 0.4) is 0 Å². The fourth-order valence-corrected chi connectivity index (χ4v) is 9.77. The number of rotatable bonds is 2. The zero-order valence-electron chi connectivity index (χ0n) is 26.7. The fourth-order valence-electron chi connectivity index (χ4n) is 8.66. The van der Waals surface area contributed by atoms with E-state index >= 15 is 0 Å². The zero-order chi connectivity index (χ0) is 31.7. The summed E-state index contributed by atoms with van der Waals surface area (Å²) in [6, 6.07) is 54.2. The third-order valence-corrected chi connectivity index (χ3v) is 12.0. The van der Waals surface area contributed by atoms with E-state index in [4.69, 9.17) is 0 Å². The molecule has 11 rings (SSSR count). The van der Waals surface area contributed by atoms with Crippen LogP contribution in [0.15, 0.2) is 146 Å². The minimum atomic E-state index is -0.133. The SMILES string of the molecule is CC1(C)c2cc(-n3c4ccccc4c4ccccc43)ccc2-c2cc3sc4ccc(-n5c6ccccc6c6ccccc65)cc4c3cc21. The second-order valence-corrected chi connectivity index (χ2v) is 14.9. The minimum absolute atomic E-state index is 0.133. The number of aromatic nitrogens is 2. The molecule has 0 radical (unpaired) electrons. The first-order chi connectivity index (χ1) is 23.6. The van der Waals surface area contributed by atoms with E-state index in [1.54, 1.807) is 0 Å². The molecule has 1 aliphatic carbocycles. The summed E-state index contributed by atoms with van der Waals surface area (Å²) in [6.45, 7) is 4.80. The first kappa shape index (κ1) is 26.4. The van der Waals surface area contributed by atoms with Crippen LogP contribution < -0.4 is 0 Å². The molecule has 48 heavy (non-hydrogen) atoms. The average molecular weight is 631 g/mol. The molecule has 1 aliphatic rings. The molecule has 2 nitrogen and oxygen atoms in total. The van der Waals surface area contributed by atoms with Gasteiger partial charge in [0.25, 0.3) is 0 Å². The molecule has 0 saturated carbocycles. The van der Waals surface area contributed by atoms with Crippen molar-refractivity contribution in [2.24, 2.45) is 0 Å². The molecular formula is C45H30N2S. The van der Waals surface area contributed by atoms with Crippen molar-refractivity contribution in [3.63, 3.8) is 0 Å². The Kier molecular flexibility index (Phi) is 5.09. The van der Waals surface area contributed by atoms with Gasteiger partial charge in [0.05, 0.1) is 22.1 Å².